The van der Waals surface area contributed by atoms with Gasteiger partial charge in [0.15, 0.2) is 5.16 Å². The van der Waals surface area contributed by atoms with E-state index < -0.39 is 5.56 Å². The second-order valence-electron chi connectivity index (χ2n) is 5.58. The van der Waals surface area contributed by atoms with Crippen molar-refractivity contribution in [1.29, 1.82) is 5.26 Å². The minimum Gasteiger partial charge on any atom is -0.493 e. The molecule has 1 aromatic carbocycles. The molecule has 126 valence electrons. The highest BCUT2D eigenvalue weighted by Gasteiger charge is 2.17. The van der Waals surface area contributed by atoms with E-state index in [1.807, 2.05) is 30.5 Å². The van der Waals surface area contributed by atoms with Gasteiger partial charge in [-0.05, 0) is 36.8 Å². The largest absolute Gasteiger partial charge is 0.493 e. The summed E-state index contributed by atoms with van der Waals surface area (Å²) >= 11 is 4.74. The van der Waals surface area contributed by atoms with Crippen molar-refractivity contribution in [2.45, 2.75) is 25.4 Å². The fourth-order valence-electron chi connectivity index (χ4n) is 2.07. The van der Waals surface area contributed by atoms with Crippen LogP contribution < -0.4 is 10.3 Å². The number of nitrogens with zero attached hydrogens (tertiary/aromatic N) is 2. The number of rotatable bonds is 6. The van der Waals surface area contributed by atoms with Crippen molar-refractivity contribution < 1.29 is 4.74 Å². The smallest absolute Gasteiger partial charge is 0.270 e. The number of H-pyrrole nitrogens is 1. The first kappa shape index (κ1) is 18.6. The van der Waals surface area contributed by atoms with Gasteiger partial charge in [-0.2, -0.15) is 5.26 Å². The highest BCUT2D eigenvalue weighted by molar-refractivity contribution is 9.10. The third kappa shape index (κ3) is 4.40. The number of benzene rings is 1. The Morgan fingerprint density at radius 3 is 2.83 bits per heavy atom. The summed E-state index contributed by atoms with van der Waals surface area (Å²) in [5.41, 5.74) is 0.511. The average molecular weight is 408 g/mol. The Labute approximate surface area is 153 Å². The molecule has 0 amide bonds. The highest BCUT2D eigenvalue weighted by Crippen LogP contribution is 2.33. The van der Waals surface area contributed by atoms with Gasteiger partial charge in [-0.3, -0.25) is 4.79 Å². The second kappa shape index (κ2) is 8.36. The number of hydrogen-bond donors (Lipinski definition) is 1. The normalized spacial score (nSPS) is 10.7. The predicted octanol–water partition coefficient (Wildman–Crippen LogP) is 4.22. The molecule has 0 spiro atoms. The van der Waals surface area contributed by atoms with E-state index in [0.29, 0.717) is 34.7 Å². The van der Waals surface area contributed by atoms with E-state index in [1.165, 1.54) is 11.8 Å². The van der Waals surface area contributed by atoms with Gasteiger partial charge in [-0.1, -0.05) is 41.5 Å². The lowest BCUT2D eigenvalue weighted by Crippen LogP contribution is -2.15. The van der Waals surface area contributed by atoms with Crippen LogP contribution in [0.5, 0.6) is 5.75 Å². The topological polar surface area (TPSA) is 78.8 Å². The first-order valence-electron chi connectivity index (χ1n) is 7.47. The van der Waals surface area contributed by atoms with Crippen LogP contribution in [0.25, 0.3) is 11.3 Å². The van der Waals surface area contributed by atoms with Crippen LogP contribution in [0.1, 0.15) is 25.8 Å². The quantitative estimate of drug-likeness (QED) is 0.572. The summed E-state index contributed by atoms with van der Waals surface area (Å²) in [4.78, 5) is 19.2. The monoisotopic (exact) mass is 407 g/mol. The van der Waals surface area contributed by atoms with Crippen LogP contribution in [0, 0.1) is 17.2 Å². The third-order valence-corrected chi connectivity index (χ3v) is 4.43. The van der Waals surface area contributed by atoms with Crippen molar-refractivity contribution in [1.82, 2.24) is 9.97 Å². The molecule has 7 heteroatoms. The molecular formula is C17H18BrN3O2S. The molecule has 1 aromatic heterocycles. The van der Waals surface area contributed by atoms with Gasteiger partial charge in [-0.25, -0.2) is 4.98 Å². The maximum Gasteiger partial charge on any atom is 0.270 e. The van der Waals surface area contributed by atoms with Crippen molar-refractivity contribution >= 4 is 27.7 Å². The van der Waals surface area contributed by atoms with Gasteiger partial charge in [0.25, 0.3) is 5.56 Å². The second-order valence-corrected chi connectivity index (χ2v) is 7.29. The Kier molecular flexibility index (Phi) is 6.46. The van der Waals surface area contributed by atoms with Crippen molar-refractivity contribution in [3.8, 4) is 23.1 Å². The molecule has 0 aliphatic rings. The zero-order valence-electron chi connectivity index (χ0n) is 13.7. The van der Waals surface area contributed by atoms with E-state index in [4.69, 9.17) is 4.74 Å². The molecule has 1 N–H and O–H groups in total. The van der Waals surface area contributed by atoms with Crippen LogP contribution >= 0.6 is 27.7 Å². The summed E-state index contributed by atoms with van der Waals surface area (Å²) in [5.74, 6) is 1.14. The number of halogens is 1. The molecule has 0 aliphatic heterocycles. The van der Waals surface area contributed by atoms with Crippen LogP contribution in [-0.4, -0.2) is 22.8 Å². The molecule has 0 saturated carbocycles. The van der Waals surface area contributed by atoms with Crippen LogP contribution in [0.2, 0.25) is 0 Å². The summed E-state index contributed by atoms with van der Waals surface area (Å²) in [6.07, 6.45) is 2.73. The molecule has 0 unspecified atom stereocenters. The SMILES string of the molecule is CSc1nc(-c2cc(Br)ccc2OCCC(C)C)c(C#N)c(=O)[nH]1. The molecule has 0 bridgehead atoms. The van der Waals surface area contributed by atoms with E-state index >= 15 is 0 Å². The lowest BCUT2D eigenvalue weighted by Gasteiger charge is -2.14. The molecule has 5 nitrogen and oxygen atoms in total. The zero-order valence-corrected chi connectivity index (χ0v) is 16.1. The predicted molar refractivity (Wildman–Crippen MR) is 99.4 cm³/mol. The minimum atomic E-state index is -0.444. The standard InChI is InChI=1S/C17H18BrN3O2S/c1-10(2)6-7-23-14-5-4-11(18)8-12(14)15-13(9-19)16(22)21-17(20-15)24-3/h4-5,8,10H,6-7H2,1-3H3,(H,20,21,22). The number of hydrogen-bond acceptors (Lipinski definition) is 5. The Morgan fingerprint density at radius 1 is 1.46 bits per heavy atom. The summed E-state index contributed by atoms with van der Waals surface area (Å²) in [7, 11) is 0. The molecule has 24 heavy (non-hydrogen) atoms. The van der Waals surface area contributed by atoms with Crippen molar-refractivity contribution in [3.05, 3.63) is 38.6 Å². The van der Waals surface area contributed by atoms with Crippen LogP contribution in [0.4, 0.5) is 0 Å². The Balaban J connectivity index is 2.55. The van der Waals surface area contributed by atoms with E-state index in [2.05, 4.69) is 39.7 Å². The molecule has 0 fully saturated rings. The van der Waals surface area contributed by atoms with Crippen molar-refractivity contribution in [2.75, 3.05) is 12.9 Å². The fourth-order valence-corrected chi connectivity index (χ4v) is 2.80. The lowest BCUT2D eigenvalue weighted by molar-refractivity contribution is 0.290. The van der Waals surface area contributed by atoms with Gasteiger partial charge in [0.1, 0.15) is 23.1 Å². The third-order valence-electron chi connectivity index (χ3n) is 3.35. The molecule has 2 rings (SSSR count). The molecule has 2 aromatic rings. The molecule has 0 atom stereocenters. The Hall–Kier alpha value is -1.78. The molecule has 0 saturated heterocycles. The number of thioether (sulfide) groups is 1. The molecule has 0 radical (unpaired) electrons. The van der Waals surface area contributed by atoms with Gasteiger partial charge in [0.05, 0.1) is 6.61 Å². The summed E-state index contributed by atoms with van der Waals surface area (Å²) in [6, 6.07) is 7.45. The van der Waals surface area contributed by atoms with Gasteiger partial charge >= 0.3 is 0 Å². The highest BCUT2D eigenvalue weighted by atomic mass is 79.9. The molecular weight excluding hydrogens is 390 g/mol. The van der Waals surface area contributed by atoms with Gasteiger partial charge in [0, 0.05) is 10.0 Å². The summed E-state index contributed by atoms with van der Waals surface area (Å²) in [6.45, 7) is 4.82. The first-order valence-corrected chi connectivity index (χ1v) is 9.49. The van der Waals surface area contributed by atoms with Crippen molar-refractivity contribution in [2.24, 2.45) is 5.92 Å². The lowest BCUT2D eigenvalue weighted by atomic mass is 10.1. The fraction of sp³-hybridized carbons (Fsp3) is 0.353. The van der Waals surface area contributed by atoms with E-state index in [1.54, 1.807) is 0 Å². The van der Waals surface area contributed by atoms with Gasteiger partial charge in [-0.15, -0.1) is 0 Å². The minimum absolute atomic E-state index is 0.0143. The van der Waals surface area contributed by atoms with E-state index in [0.717, 1.165) is 10.9 Å². The number of aromatic nitrogens is 2. The van der Waals surface area contributed by atoms with E-state index in [9.17, 15) is 10.1 Å². The van der Waals surface area contributed by atoms with Gasteiger partial charge < -0.3 is 9.72 Å². The number of aromatic amines is 1. The summed E-state index contributed by atoms with van der Waals surface area (Å²) < 4.78 is 6.71. The van der Waals surface area contributed by atoms with Gasteiger partial charge in [0.2, 0.25) is 0 Å². The van der Waals surface area contributed by atoms with Crippen molar-refractivity contribution in [3.63, 3.8) is 0 Å². The molecule has 1 heterocycles. The van der Waals surface area contributed by atoms with Crippen LogP contribution in [0.3, 0.4) is 0 Å². The first-order chi connectivity index (χ1) is 11.5. The van der Waals surface area contributed by atoms with Crippen LogP contribution in [0.15, 0.2) is 32.6 Å². The number of nitriles is 1. The maximum absolute atomic E-state index is 12.1. The zero-order chi connectivity index (χ0) is 17.7. The van der Waals surface area contributed by atoms with E-state index in [-0.39, 0.29) is 5.56 Å². The maximum atomic E-state index is 12.1. The molecule has 0 aliphatic carbocycles. The number of ether oxygens (including phenoxy) is 1. The van der Waals surface area contributed by atoms with Crippen LogP contribution in [-0.2, 0) is 0 Å². The summed E-state index contributed by atoms with van der Waals surface area (Å²) in [5, 5.41) is 9.82. The average Bonchev–Trinajstić information content (AvgIpc) is 2.55. The number of nitrogens with one attached hydrogen (secondary N) is 1. The Morgan fingerprint density at radius 2 is 2.21 bits per heavy atom. The Bertz CT molecular complexity index is 828.